The van der Waals surface area contributed by atoms with Crippen molar-refractivity contribution in [3.63, 3.8) is 0 Å². The SMILES string of the molecule is COc1ccc(NC(=O)CN(c2cccc(C)c2)S(=O)(=O)c2cc(C)ccc2OC)cc1. The normalized spacial score (nSPS) is 11.0. The van der Waals surface area contributed by atoms with Gasteiger partial charge in [-0.3, -0.25) is 9.10 Å². The van der Waals surface area contributed by atoms with E-state index in [-0.39, 0.29) is 10.6 Å². The van der Waals surface area contributed by atoms with E-state index in [1.54, 1.807) is 74.7 Å². The lowest BCUT2D eigenvalue weighted by Gasteiger charge is -2.25. The highest BCUT2D eigenvalue weighted by atomic mass is 32.2. The predicted molar refractivity (Wildman–Crippen MR) is 125 cm³/mol. The van der Waals surface area contributed by atoms with Crippen LogP contribution in [0.25, 0.3) is 0 Å². The van der Waals surface area contributed by atoms with E-state index in [0.29, 0.717) is 17.1 Å². The van der Waals surface area contributed by atoms with E-state index >= 15 is 0 Å². The van der Waals surface area contributed by atoms with Gasteiger partial charge < -0.3 is 14.8 Å². The molecule has 168 valence electrons. The first-order valence-electron chi connectivity index (χ1n) is 9.92. The third-order valence-corrected chi connectivity index (χ3v) is 6.63. The zero-order valence-electron chi connectivity index (χ0n) is 18.5. The van der Waals surface area contributed by atoms with E-state index < -0.39 is 22.5 Å². The molecule has 0 aliphatic heterocycles. The molecule has 0 heterocycles. The van der Waals surface area contributed by atoms with Crippen LogP contribution >= 0.6 is 0 Å². The number of anilines is 2. The van der Waals surface area contributed by atoms with Gasteiger partial charge in [0.15, 0.2) is 0 Å². The summed E-state index contributed by atoms with van der Waals surface area (Å²) in [4.78, 5) is 12.9. The Balaban J connectivity index is 1.99. The van der Waals surface area contributed by atoms with E-state index in [9.17, 15) is 13.2 Å². The molecular formula is C24H26N2O5S. The lowest BCUT2D eigenvalue weighted by atomic mass is 10.2. The molecule has 1 N–H and O–H groups in total. The molecule has 7 nitrogen and oxygen atoms in total. The lowest BCUT2D eigenvalue weighted by molar-refractivity contribution is -0.114. The van der Waals surface area contributed by atoms with Crippen molar-refractivity contribution in [3.8, 4) is 11.5 Å². The number of nitrogens with one attached hydrogen (secondary N) is 1. The summed E-state index contributed by atoms with van der Waals surface area (Å²) >= 11 is 0. The zero-order chi connectivity index (χ0) is 23.3. The van der Waals surface area contributed by atoms with Crippen LogP contribution in [0.2, 0.25) is 0 Å². The van der Waals surface area contributed by atoms with Crippen LogP contribution in [-0.2, 0) is 14.8 Å². The highest BCUT2D eigenvalue weighted by Gasteiger charge is 2.30. The molecule has 0 radical (unpaired) electrons. The summed E-state index contributed by atoms with van der Waals surface area (Å²) in [5, 5.41) is 2.74. The van der Waals surface area contributed by atoms with Gasteiger partial charge in [-0.05, 0) is 73.5 Å². The van der Waals surface area contributed by atoms with Crippen LogP contribution in [0.5, 0.6) is 11.5 Å². The highest BCUT2D eigenvalue weighted by molar-refractivity contribution is 7.93. The second kappa shape index (κ2) is 9.74. The minimum Gasteiger partial charge on any atom is -0.497 e. The number of sulfonamides is 1. The number of methoxy groups -OCH3 is 2. The maximum absolute atomic E-state index is 13.7. The van der Waals surface area contributed by atoms with Gasteiger partial charge in [0.1, 0.15) is 22.9 Å². The van der Waals surface area contributed by atoms with E-state index in [1.807, 2.05) is 13.0 Å². The van der Waals surface area contributed by atoms with Gasteiger partial charge in [0.05, 0.1) is 19.9 Å². The number of benzene rings is 3. The van der Waals surface area contributed by atoms with Gasteiger partial charge in [-0.2, -0.15) is 0 Å². The lowest BCUT2D eigenvalue weighted by Crippen LogP contribution is -2.38. The summed E-state index contributed by atoms with van der Waals surface area (Å²) in [5.74, 6) is 0.384. The third kappa shape index (κ3) is 5.20. The summed E-state index contributed by atoms with van der Waals surface area (Å²) in [6, 6.07) is 18.7. The van der Waals surface area contributed by atoms with Crippen molar-refractivity contribution < 1.29 is 22.7 Å². The Labute approximate surface area is 188 Å². The van der Waals surface area contributed by atoms with Crippen LogP contribution in [0, 0.1) is 13.8 Å². The van der Waals surface area contributed by atoms with Crippen molar-refractivity contribution in [2.45, 2.75) is 18.7 Å². The Bertz CT molecular complexity index is 1210. The quantitative estimate of drug-likeness (QED) is 0.553. The molecule has 0 spiro atoms. The molecule has 8 heteroatoms. The second-order valence-electron chi connectivity index (χ2n) is 7.28. The fraction of sp³-hybridized carbons (Fsp3) is 0.208. The monoisotopic (exact) mass is 454 g/mol. The molecule has 0 saturated heterocycles. The molecule has 32 heavy (non-hydrogen) atoms. The van der Waals surface area contributed by atoms with E-state index in [0.717, 1.165) is 15.4 Å². The summed E-state index contributed by atoms with van der Waals surface area (Å²) in [7, 11) is -1.14. The Morgan fingerprint density at radius 1 is 0.906 bits per heavy atom. The number of ether oxygens (including phenoxy) is 2. The van der Waals surface area contributed by atoms with Crippen LogP contribution in [0.3, 0.4) is 0 Å². The molecule has 0 aliphatic carbocycles. The molecule has 0 unspecified atom stereocenters. The van der Waals surface area contributed by atoms with Gasteiger partial charge in [-0.1, -0.05) is 18.2 Å². The largest absolute Gasteiger partial charge is 0.497 e. The number of carbonyl (C=O) groups is 1. The molecule has 0 aromatic heterocycles. The molecule has 3 rings (SSSR count). The fourth-order valence-electron chi connectivity index (χ4n) is 3.21. The van der Waals surface area contributed by atoms with Gasteiger partial charge in [-0.25, -0.2) is 8.42 Å². The van der Waals surface area contributed by atoms with Gasteiger partial charge in [0.25, 0.3) is 10.0 Å². The van der Waals surface area contributed by atoms with Gasteiger partial charge in [-0.15, -0.1) is 0 Å². The molecule has 0 fully saturated rings. The summed E-state index contributed by atoms with van der Waals surface area (Å²) in [5.41, 5.74) is 2.55. The van der Waals surface area contributed by atoms with Crippen molar-refractivity contribution in [1.29, 1.82) is 0 Å². The Morgan fingerprint density at radius 3 is 2.22 bits per heavy atom. The van der Waals surface area contributed by atoms with Crippen LogP contribution in [0.15, 0.2) is 71.6 Å². The fourth-order valence-corrected chi connectivity index (χ4v) is 4.86. The van der Waals surface area contributed by atoms with Crippen LogP contribution in [-0.4, -0.2) is 35.1 Å². The third-order valence-electron chi connectivity index (χ3n) is 4.84. The molecule has 0 bridgehead atoms. The average molecular weight is 455 g/mol. The smallest absolute Gasteiger partial charge is 0.268 e. The molecule has 0 saturated carbocycles. The van der Waals surface area contributed by atoms with Crippen molar-refractivity contribution in [2.24, 2.45) is 0 Å². The first-order chi connectivity index (χ1) is 15.2. The van der Waals surface area contributed by atoms with Crippen LogP contribution in [0.1, 0.15) is 11.1 Å². The van der Waals surface area contributed by atoms with Crippen LogP contribution < -0.4 is 19.1 Å². The zero-order valence-corrected chi connectivity index (χ0v) is 19.3. The van der Waals surface area contributed by atoms with E-state index in [4.69, 9.17) is 9.47 Å². The number of rotatable bonds is 8. The minimum absolute atomic E-state index is 0.00115. The molecule has 3 aromatic carbocycles. The number of aryl methyl sites for hydroxylation is 2. The first-order valence-corrected chi connectivity index (χ1v) is 11.4. The molecular weight excluding hydrogens is 428 g/mol. The molecule has 1 amide bonds. The maximum Gasteiger partial charge on any atom is 0.268 e. The van der Waals surface area contributed by atoms with E-state index in [2.05, 4.69) is 5.32 Å². The average Bonchev–Trinajstić information content (AvgIpc) is 2.78. The summed E-state index contributed by atoms with van der Waals surface area (Å²) < 4.78 is 38.9. The maximum atomic E-state index is 13.7. The molecule has 3 aromatic rings. The van der Waals surface area contributed by atoms with Crippen LogP contribution in [0.4, 0.5) is 11.4 Å². The summed E-state index contributed by atoms with van der Waals surface area (Å²) in [6.07, 6.45) is 0. The van der Waals surface area contributed by atoms with Gasteiger partial charge in [0, 0.05) is 5.69 Å². The number of hydrogen-bond acceptors (Lipinski definition) is 5. The van der Waals surface area contributed by atoms with Crippen molar-refractivity contribution >= 4 is 27.3 Å². The summed E-state index contributed by atoms with van der Waals surface area (Å²) in [6.45, 7) is 3.25. The minimum atomic E-state index is -4.11. The van der Waals surface area contributed by atoms with Gasteiger partial charge in [0.2, 0.25) is 5.91 Å². The topological polar surface area (TPSA) is 84.9 Å². The number of nitrogens with zero attached hydrogens (tertiary/aromatic N) is 1. The molecule has 0 aliphatic rings. The number of hydrogen-bond donors (Lipinski definition) is 1. The van der Waals surface area contributed by atoms with Crippen molar-refractivity contribution in [2.75, 3.05) is 30.4 Å². The van der Waals surface area contributed by atoms with Crippen molar-refractivity contribution in [1.82, 2.24) is 0 Å². The molecule has 0 atom stereocenters. The van der Waals surface area contributed by atoms with Gasteiger partial charge >= 0.3 is 0 Å². The second-order valence-corrected chi connectivity index (χ2v) is 9.11. The number of amides is 1. The Morgan fingerprint density at radius 2 is 1.59 bits per heavy atom. The van der Waals surface area contributed by atoms with Crippen molar-refractivity contribution in [3.05, 3.63) is 77.9 Å². The predicted octanol–water partition coefficient (Wildman–Crippen LogP) is 4.15. The first kappa shape index (κ1) is 23.1. The Kier molecular flexibility index (Phi) is 7.05. The Hall–Kier alpha value is -3.52. The number of carbonyl (C=O) groups excluding carboxylic acids is 1. The van der Waals surface area contributed by atoms with E-state index in [1.165, 1.54) is 7.11 Å². The highest BCUT2D eigenvalue weighted by Crippen LogP contribution is 2.31. The standard InChI is InChI=1S/C24H26N2O5S/c1-17-6-5-7-20(14-17)26(16-24(27)25-19-9-11-21(30-3)12-10-19)32(28,29)23-15-18(2)8-13-22(23)31-4/h5-15H,16H2,1-4H3,(H,25,27).